The smallest absolute Gasteiger partial charge is 0.123 e. The summed E-state index contributed by atoms with van der Waals surface area (Å²) in [6, 6.07) is 8.61. The fraction of sp³-hybridized carbons (Fsp3) is 0.333. The Hall–Kier alpha value is -2.08. The molecule has 3 nitrogen and oxygen atoms in total. The van der Waals surface area contributed by atoms with Crippen molar-refractivity contribution in [1.82, 2.24) is 9.97 Å². The highest BCUT2D eigenvalue weighted by atomic mass is 14.9. The van der Waals surface area contributed by atoms with Crippen molar-refractivity contribution in [2.24, 2.45) is 0 Å². The Morgan fingerprint density at radius 1 is 1.39 bits per heavy atom. The number of hydrogen-bond donors (Lipinski definition) is 1. The van der Waals surface area contributed by atoms with Crippen LogP contribution in [0.2, 0.25) is 0 Å². The number of H-pyrrole nitrogens is 1. The third kappa shape index (κ3) is 2.28. The minimum Gasteiger partial charge on any atom is -0.341 e. The van der Waals surface area contributed by atoms with Crippen LogP contribution in [-0.2, 0) is 0 Å². The van der Waals surface area contributed by atoms with Crippen molar-refractivity contribution in [1.29, 1.82) is 5.26 Å². The molecule has 0 fully saturated rings. The van der Waals surface area contributed by atoms with E-state index in [1.807, 2.05) is 13.1 Å². The van der Waals surface area contributed by atoms with Crippen LogP contribution >= 0.6 is 0 Å². The highest BCUT2D eigenvalue weighted by molar-refractivity contribution is 5.64. The number of aromatic nitrogens is 2. The largest absolute Gasteiger partial charge is 0.341 e. The van der Waals surface area contributed by atoms with Gasteiger partial charge in [0, 0.05) is 5.56 Å². The number of benzene rings is 1. The van der Waals surface area contributed by atoms with Crippen LogP contribution in [0.3, 0.4) is 0 Å². The van der Waals surface area contributed by atoms with Gasteiger partial charge >= 0.3 is 0 Å². The van der Waals surface area contributed by atoms with Gasteiger partial charge in [0.15, 0.2) is 0 Å². The average molecular weight is 239 g/mol. The zero-order valence-electron chi connectivity index (χ0n) is 11.0. The zero-order chi connectivity index (χ0) is 13.1. The third-order valence-corrected chi connectivity index (χ3v) is 3.17. The van der Waals surface area contributed by atoms with Gasteiger partial charge in [0.1, 0.15) is 11.7 Å². The number of nitrogens with zero attached hydrogens (tertiary/aromatic N) is 2. The summed E-state index contributed by atoms with van der Waals surface area (Å²) in [5.41, 5.74) is 4.57. The lowest BCUT2D eigenvalue weighted by Crippen LogP contribution is -1.96. The van der Waals surface area contributed by atoms with Crippen LogP contribution < -0.4 is 0 Å². The van der Waals surface area contributed by atoms with Crippen LogP contribution in [0, 0.1) is 25.2 Å². The maximum atomic E-state index is 9.05. The third-order valence-electron chi connectivity index (χ3n) is 3.17. The molecular formula is C15H17N3. The molecule has 0 radical (unpaired) electrons. The maximum Gasteiger partial charge on any atom is 0.123 e. The second kappa shape index (κ2) is 5.05. The van der Waals surface area contributed by atoms with Crippen LogP contribution in [0.5, 0.6) is 0 Å². The van der Waals surface area contributed by atoms with Crippen molar-refractivity contribution in [2.45, 2.75) is 33.1 Å². The minimum atomic E-state index is -0.149. The van der Waals surface area contributed by atoms with E-state index in [1.165, 1.54) is 11.1 Å². The first-order valence-electron chi connectivity index (χ1n) is 6.17. The van der Waals surface area contributed by atoms with E-state index in [0.717, 1.165) is 23.5 Å². The number of hydrogen-bond acceptors (Lipinski definition) is 2. The van der Waals surface area contributed by atoms with Gasteiger partial charge in [-0.1, -0.05) is 24.6 Å². The quantitative estimate of drug-likeness (QED) is 0.887. The van der Waals surface area contributed by atoms with Crippen LogP contribution in [0.25, 0.3) is 11.3 Å². The second-order valence-electron chi connectivity index (χ2n) is 4.59. The van der Waals surface area contributed by atoms with Gasteiger partial charge in [0.05, 0.1) is 18.0 Å². The normalized spacial score (nSPS) is 12.1. The van der Waals surface area contributed by atoms with Crippen LogP contribution in [0.1, 0.15) is 36.2 Å². The topological polar surface area (TPSA) is 52.5 Å². The van der Waals surface area contributed by atoms with Crippen LogP contribution in [0.4, 0.5) is 0 Å². The molecule has 1 atom stereocenters. The van der Waals surface area contributed by atoms with Gasteiger partial charge in [-0.05, 0) is 31.9 Å². The average Bonchev–Trinajstić information content (AvgIpc) is 2.83. The molecule has 2 rings (SSSR count). The Kier molecular flexibility index (Phi) is 3.47. The predicted molar refractivity (Wildman–Crippen MR) is 72.1 cm³/mol. The summed E-state index contributed by atoms with van der Waals surface area (Å²) in [5, 5.41) is 9.05. The molecule has 0 amide bonds. The van der Waals surface area contributed by atoms with Crippen molar-refractivity contribution in [2.75, 3.05) is 0 Å². The number of nitrogens with one attached hydrogen (secondary N) is 1. The first-order valence-corrected chi connectivity index (χ1v) is 6.17. The number of imidazole rings is 1. The molecular weight excluding hydrogens is 222 g/mol. The van der Waals surface area contributed by atoms with Crippen LogP contribution in [-0.4, -0.2) is 9.97 Å². The first kappa shape index (κ1) is 12.4. The molecule has 0 saturated carbocycles. The fourth-order valence-electron chi connectivity index (χ4n) is 2.02. The van der Waals surface area contributed by atoms with E-state index in [1.54, 1.807) is 0 Å². The fourth-order valence-corrected chi connectivity index (χ4v) is 2.02. The molecule has 0 aliphatic rings. The lowest BCUT2D eigenvalue weighted by Gasteiger charge is -2.05. The number of aryl methyl sites for hydroxylation is 2. The van der Waals surface area contributed by atoms with E-state index >= 15 is 0 Å². The summed E-state index contributed by atoms with van der Waals surface area (Å²) in [5.74, 6) is 0.611. The molecule has 0 aliphatic heterocycles. The zero-order valence-corrected chi connectivity index (χ0v) is 11.0. The summed E-state index contributed by atoms with van der Waals surface area (Å²) in [6.07, 6.45) is 2.59. The summed E-state index contributed by atoms with van der Waals surface area (Å²) in [7, 11) is 0. The van der Waals surface area contributed by atoms with Gasteiger partial charge in [0.25, 0.3) is 0 Å². The van der Waals surface area contributed by atoms with Crippen LogP contribution in [0.15, 0.2) is 24.4 Å². The van der Waals surface area contributed by atoms with Crippen molar-refractivity contribution in [3.8, 4) is 17.3 Å². The van der Waals surface area contributed by atoms with Gasteiger partial charge in [-0.3, -0.25) is 0 Å². The molecule has 1 N–H and O–H groups in total. The summed E-state index contributed by atoms with van der Waals surface area (Å²) in [6.45, 7) is 6.15. The molecule has 18 heavy (non-hydrogen) atoms. The van der Waals surface area contributed by atoms with Crippen molar-refractivity contribution >= 4 is 0 Å². The molecule has 1 aromatic heterocycles. The van der Waals surface area contributed by atoms with E-state index in [-0.39, 0.29) is 5.92 Å². The minimum absolute atomic E-state index is 0.149. The summed E-state index contributed by atoms with van der Waals surface area (Å²) in [4.78, 5) is 7.59. The SMILES string of the molecule is CCC(C#N)c1ncc(-c2cc(C)ccc2C)[nH]1. The summed E-state index contributed by atoms with van der Waals surface area (Å²) >= 11 is 0. The van der Waals surface area contributed by atoms with Gasteiger partial charge in [-0.15, -0.1) is 0 Å². The lowest BCUT2D eigenvalue weighted by molar-refractivity contribution is 0.766. The molecule has 0 spiro atoms. The van der Waals surface area contributed by atoms with Gasteiger partial charge in [-0.2, -0.15) is 5.26 Å². The molecule has 0 saturated heterocycles. The predicted octanol–water partition coefficient (Wildman–Crippen LogP) is 3.71. The Balaban J connectivity index is 2.41. The first-order chi connectivity index (χ1) is 8.65. The molecule has 1 unspecified atom stereocenters. The highest BCUT2D eigenvalue weighted by Gasteiger charge is 2.13. The lowest BCUT2D eigenvalue weighted by atomic mass is 10.0. The molecule has 2 aromatic rings. The van der Waals surface area contributed by atoms with E-state index in [4.69, 9.17) is 5.26 Å². The Bertz CT molecular complexity index is 590. The number of nitriles is 1. The highest BCUT2D eigenvalue weighted by Crippen LogP contribution is 2.25. The monoisotopic (exact) mass is 239 g/mol. The molecule has 0 aliphatic carbocycles. The molecule has 92 valence electrons. The van der Waals surface area contributed by atoms with E-state index in [0.29, 0.717) is 0 Å². The maximum absolute atomic E-state index is 9.05. The number of rotatable bonds is 3. The van der Waals surface area contributed by atoms with Gasteiger partial charge < -0.3 is 4.98 Å². The second-order valence-corrected chi connectivity index (χ2v) is 4.59. The standard InChI is InChI=1S/C15H17N3/c1-4-12(8-16)15-17-9-14(18-15)13-7-10(2)5-6-11(13)3/h5-7,9,12H,4H2,1-3H3,(H,17,18). The Labute approximate surface area is 107 Å². The molecule has 0 bridgehead atoms. The Morgan fingerprint density at radius 2 is 2.17 bits per heavy atom. The molecule has 3 heteroatoms. The van der Waals surface area contributed by atoms with Crippen molar-refractivity contribution in [3.05, 3.63) is 41.3 Å². The molecule has 1 heterocycles. The van der Waals surface area contributed by atoms with E-state index < -0.39 is 0 Å². The molecule has 1 aromatic carbocycles. The Morgan fingerprint density at radius 3 is 2.83 bits per heavy atom. The van der Waals surface area contributed by atoms with Gasteiger partial charge in [0.2, 0.25) is 0 Å². The number of aromatic amines is 1. The van der Waals surface area contributed by atoms with Crippen molar-refractivity contribution < 1.29 is 0 Å². The van der Waals surface area contributed by atoms with Crippen molar-refractivity contribution in [3.63, 3.8) is 0 Å². The van der Waals surface area contributed by atoms with E-state index in [9.17, 15) is 0 Å². The summed E-state index contributed by atoms with van der Waals surface area (Å²) < 4.78 is 0. The van der Waals surface area contributed by atoms with Gasteiger partial charge in [-0.25, -0.2) is 4.98 Å². The van der Waals surface area contributed by atoms with E-state index in [2.05, 4.69) is 48.1 Å².